The number of fused-ring (bicyclic) bond motifs is 1. The molecule has 2 N–H and O–H groups in total. The van der Waals surface area contributed by atoms with Crippen LogP contribution in [0.1, 0.15) is 29.5 Å². The number of aromatic amines is 1. The van der Waals surface area contributed by atoms with Gasteiger partial charge in [-0.25, -0.2) is 4.98 Å². The van der Waals surface area contributed by atoms with Crippen LogP contribution in [-0.4, -0.2) is 34.8 Å². The largest absolute Gasteiger partial charge is 0.484 e. The Labute approximate surface area is 151 Å². The summed E-state index contributed by atoms with van der Waals surface area (Å²) >= 11 is 0. The third kappa shape index (κ3) is 4.69. The van der Waals surface area contributed by atoms with E-state index in [0.29, 0.717) is 17.9 Å². The molecule has 0 saturated heterocycles. The Morgan fingerprint density at radius 2 is 2.00 bits per heavy atom. The molecule has 6 heteroatoms. The number of hydrogen-bond acceptors (Lipinski definition) is 4. The highest BCUT2D eigenvalue weighted by Crippen LogP contribution is 2.13. The van der Waals surface area contributed by atoms with E-state index in [-0.39, 0.29) is 18.3 Å². The van der Waals surface area contributed by atoms with Crippen molar-refractivity contribution in [1.82, 2.24) is 15.3 Å². The predicted molar refractivity (Wildman–Crippen MR) is 99.4 cm³/mol. The number of rotatable bonds is 8. The number of imidazole rings is 1. The molecule has 3 rings (SSSR count). The molecule has 1 heterocycles. The van der Waals surface area contributed by atoms with Crippen LogP contribution in [0.5, 0.6) is 5.75 Å². The molecule has 1 aromatic heterocycles. The Morgan fingerprint density at radius 1 is 1.15 bits per heavy atom. The molecule has 0 unspecified atom stereocenters. The number of aromatic nitrogens is 2. The Kier molecular flexibility index (Phi) is 5.63. The molecule has 0 atom stereocenters. The Bertz CT molecular complexity index is 884. The number of benzene rings is 2. The molecule has 0 aliphatic rings. The zero-order chi connectivity index (χ0) is 18.4. The van der Waals surface area contributed by atoms with Gasteiger partial charge >= 0.3 is 0 Å². The van der Waals surface area contributed by atoms with Crippen molar-refractivity contribution in [2.75, 3.05) is 13.2 Å². The fourth-order valence-corrected chi connectivity index (χ4v) is 2.61. The molecule has 0 bridgehead atoms. The maximum Gasteiger partial charge on any atom is 0.257 e. The van der Waals surface area contributed by atoms with Gasteiger partial charge in [0.15, 0.2) is 12.4 Å². The topological polar surface area (TPSA) is 84.1 Å². The number of carbonyl (C=O) groups excluding carboxylic acids is 2. The molecule has 26 heavy (non-hydrogen) atoms. The standard InChI is InChI=1S/C20H21N3O3/c1-14(24)15-6-4-7-16(12-15)26-13-20(25)21-11-5-10-19-22-17-8-2-3-9-18(17)23-19/h2-4,6-9,12H,5,10-11,13H2,1H3,(H,21,25)(H,22,23). The number of ether oxygens (including phenoxy) is 1. The average Bonchev–Trinajstić information content (AvgIpc) is 3.06. The minimum absolute atomic E-state index is 0.0366. The van der Waals surface area contributed by atoms with Crippen molar-refractivity contribution in [1.29, 1.82) is 0 Å². The van der Waals surface area contributed by atoms with Gasteiger partial charge in [0.05, 0.1) is 11.0 Å². The molecule has 2 aromatic carbocycles. The minimum Gasteiger partial charge on any atom is -0.484 e. The first kappa shape index (κ1) is 17.7. The van der Waals surface area contributed by atoms with Crippen LogP contribution in [0.2, 0.25) is 0 Å². The number of carbonyl (C=O) groups is 2. The van der Waals surface area contributed by atoms with Gasteiger partial charge in [0.25, 0.3) is 5.91 Å². The van der Waals surface area contributed by atoms with Gasteiger partial charge in [-0.05, 0) is 37.6 Å². The maximum absolute atomic E-state index is 11.9. The average molecular weight is 351 g/mol. The molecule has 0 saturated carbocycles. The van der Waals surface area contributed by atoms with E-state index < -0.39 is 0 Å². The normalized spacial score (nSPS) is 10.7. The lowest BCUT2D eigenvalue weighted by Crippen LogP contribution is -2.30. The van der Waals surface area contributed by atoms with Crippen LogP contribution in [0, 0.1) is 0 Å². The Morgan fingerprint density at radius 3 is 2.81 bits per heavy atom. The lowest BCUT2D eigenvalue weighted by Gasteiger charge is -2.08. The highest BCUT2D eigenvalue weighted by atomic mass is 16.5. The van der Waals surface area contributed by atoms with Crippen molar-refractivity contribution in [3.05, 3.63) is 59.9 Å². The summed E-state index contributed by atoms with van der Waals surface area (Å²) in [7, 11) is 0. The molecule has 0 aliphatic carbocycles. The van der Waals surface area contributed by atoms with E-state index in [0.717, 1.165) is 29.7 Å². The van der Waals surface area contributed by atoms with Gasteiger partial charge in [0.2, 0.25) is 0 Å². The monoisotopic (exact) mass is 351 g/mol. The number of aryl methyl sites for hydroxylation is 1. The fraction of sp³-hybridized carbons (Fsp3) is 0.250. The second kappa shape index (κ2) is 8.29. The summed E-state index contributed by atoms with van der Waals surface area (Å²) in [5, 5.41) is 2.82. The van der Waals surface area contributed by atoms with Crippen molar-refractivity contribution in [3.63, 3.8) is 0 Å². The summed E-state index contributed by atoms with van der Waals surface area (Å²) in [6.07, 6.45) is 1.54. The minimum atomic E-state index is -0.192. The molecular weight excluding hydrogens is 330 g/mol. The molecule has 134 valence electrons. The second-order valence-corrected chi connectivity index (χ2v) is 6.03. The SMILES string of the molecule is CC(=O)c1cccc(OCC(=O)NCCCc2nc3ccccc3[nH]2)c1. The molecular formula is C20H21N3O3. The van der Waals surface area contributed by atoms with Crippen LogP contribution in [0.25, 0.3) is 11.0 Å². The van der Waals surface area contributed by atoms with Crippen LogP contribution in [-0.2, 0) is 11.2 Å². The number of ketones is 1. The second-order valence-electron chi connectivity index (χ2n) is 6.03. The number of nitrogens with one attached hydrogen (secondary N) is 2. The highest BCUT2D eigenvalue weighted by Gasteiger charge is 2.06. The zero-order valence-electron chi connectivity index (χ0n) is 14.6. The summed E-state index contributed by atoms with van der Waals surface area (Å²) in [6.45, 7) is 1.96. The van der Waals surface area contributed by atoms with Gasteiger partial charge < -0.3 is 15.0 Å². The molecule has 0 aliphatic heterocycles. The molecule has 0 spiro atoms. The lowest BCUT2D eigenvalue weighted by atomic mass is 10.1. The summed E-state index contributed by atoms with van der Waals surface area (Å²) in [4.78, 5) is 31.0. The number of para-hydroxylation sites is 2. The molecule has 3 aromatic rings. The Balaban J connectivity index is 1.39. The van der Waals surface area contributed by atoms with Crippen molar-refractivity contribution in [3.8, 4) is 5.75 Å². The third-order valence-electron chi connectivity index (χ3n) is 3.96. The van der Waals surface area contributed by atoms with E-state index in [4.69, 9.17) is 4.74 Å². The van der Waals surface area contributed by atoms with E-state index in [1.165, 1.54) is 6.92 Å². The van der Waals surface area contributed by atoms with E-state index in [9.17, 15) is 9.59 Å². The van der Waals surface area contributed by atoms with Crippen molar-refractivity contribution >= 4 is 22.7 Å². The van der Waals surface area contributed by atoms with E-state index in [2.05, 4.69) is 15.3 Å². The number of Topliss-reactive ketones (excluding diaryl/α,β-unsaturated/α-hetero) is 1. The highest BCUT2D eigenvalue weighted by molar-refractivity contribution is 5.94. The summed E-state index contributed by atoms with van der Waals surface area (Å²) < 4.78 is 5.43. The number of nitrogens with zero attached hydrogens (tertiary/aromatic N) is 1. The number of hydrogen-bond donors (Lipinski definition) is 2. The molecule has 6 nitrogen and oxygen atoms in total. The lowest BCUT2D eigenvalue weighted by molar-refractivity contribution is -0.123. The van der Waals surface area contributed by atoms with Crippen molar-refractivity contribution < 1.29 is 14.3 Å². The van der Waals surface area contributed by atoms with Gasteiger partial charge in [-0.1, -0.05) is 24.3 Å². The van der Waals surface area contributed by atoms with Gasteiger partial charge in [0.1, 0.15) is 11.6 Å². The quantitative estimate of drug-likeness (QED) is 0.483. The third-order valence-corrected chi connectivity index (χ3v) is 3.96. The summed E-state index contributed by atoms with van der Waals surface area (Å²) in [6, 6.07) is 14.7. The first-order chi connectivity index (χ1) is 12.6. The van der Waals surface area contributed by atoms with Crippen LogP contribution in [0.4, 0.5) is 0 Å². The van der Waals surface area contributed by atoms with Crippen LogP contribution in [0.3, 0.4) is 0 Å². The number of H-pyrrole nitrogens is 1. The van der Waals surface area contributed by atoms with E-state index in [1.54, 1.807) is 24.3 Å². The van der Waals surface area contributed by atoms with E-state index in [1.807, 2.05) is 24.3 Å². The maximum atomic E-state index is 11.9. The van der Waals surface area contributed by atoms with Crippen LogP contribution in [0.15, 0.2) is 48.5 Å². The van der Waals surface area contributed by atoms with Gasteiger partial charge in [-0.2, -0.15) is 0 Å². The summed E-state index contributed by atoms with van der Waals surface area (Å²) in [5.74, 6) is 1.20. The Hall–Kier alpha value is -3.15. The predicted octanol–water partition coefficient (Wildman–Crippen LogP) is 2.89. The van der Waals surface area contributed by atoms with Crippen LogP contribution < -0.4 is 10.1 Å². The van der Waals surface area contributed by atoms with Gasteiger partial charge in [-0.3, -0.25) is 9.59 Å². The number of amides is 1. The van der Waals surface area contributed by atoms with Gasteiger partial charge in [-0.15, -0.1) is 0 Å². The molecule has 0 radical (unpaired) electrons. The zero-order valence-corrected chi connectivity index (χ0v) is 14.6. The van der Waals surface area contributed by atoms with Crippen molar-refractivity contribution in [2.45, 2.75) is 19.8 Å². The smallest absolute Gasteiger partial charge is 0.257 e. The van der Waals surface area contributed by atoms with Crippen molar-refractivity contribution in [2.24, 2.45) is 0 Å². The van der Waals surface area contributed by atoms with E-state index >= 15 is 0 Å². The first-order valence-electron chi connectivity index (χ1n) is 8.56. The molecule has 1 amide bonds. The first-order valence-corrected chi connectivity index (χ1v) is 8.56. The fourth-order valence-electron chi connectivity index (χ4n) is 2.61. The van der Waals surface area contributed by atoms with Crippen LogP contribution >= 0.6 is 0 Å². The summed E-state index contributed by atoms with van der Waals surface area (Å²) in [5.41, 5.74) is 2.54. The molecule has 0 fully saturated rings. The van der Waals surface area contributed by atoms with Gasteiger partial charge in [0, 0.05) is 18.5 Å².